The number of halogens is 3. The Kier molecular flexibility index (Phi) is 5.93. The second kappa shape index (κ2) is 8.17. The van der Waals surface area contributed by atoms with Crippen molar-refractivity contribution in [2.24, 2.45) is 0 Å². The van der Waals surface area contributed by atoms with E-state index in [-0.39, 0.29) is 5.91 Å². The maximum atomic E-state index is 12.5. The van der Waals surface area contributed by atoms with Crippen LogP contribution in [0.1, 0.15) is 10.4 Å². The maximum Gasteiger partial charge on any atom is 0.255 e. The van der Waals surface area contributed by atoms with Crippen molar-refractivity contribution in [3.8, 4) is 0 Å². The van der Waals surface area contributed by atoms with Gasteiger partial charge in [-0.15, -0.1) is 0 Å². The highest BCUT2D eigenvalue weighted by atomic mass is 79.9. The first-order chi connectivity index (χ1) is 12.0. The summed E-state index contributed by atoms with van der Waals surface area (Å²) >= 11 is 10.3. The molecule has 3 aromatic rings. The molecular formula is C19H13Br3N2O. The molecule has 0 unspecified atom stereocenters. The highest BCUT2D eigenvalue weighted by Crippen LogP contribution is 2.30. The minimum atomic E-state index is -0.163. The molecule has 0 atom stereocenters. The van der Waals surface area contributed by atoms with Crippen molar-refractivity contribution in [2.75, 3.05) is 10.6 Å². The number of nitrogens with one attached hydrogen (secondary N) is 2. The van der Waals surface area contributed by atoms with Gasteiger partial charge in [-0.2, -0.15) is 0 Å². The minimum absolute atomic E-state index is 0.163. The second-order valence-corrected chi connectivity index (χ2v) is 8.03. The molecule has 0 aliphatic heterocycles. The largest absolute Gasteiger partial charge is 0.354 e. The van der Waals surface area contributed by atoms with Gasteiger partial charge in [0, 0.05) is 24.7 Å². The van der Waals surface area contributed by atoms with Gasteiger partial charge in [-0.05, 0) is 66.7 Å². The number of carbonyl (C=O) groups excluding carboxylic acids is 1. The molecule has 0 radical (unpaired) electrons. The van der Waals surface area contributed by atoms with E-state index in [9.17, 15) is 4.79 Å². The fourth-order valence-electron chi connectivity index (χ4n) is 2.21. The smallest absolute Gasteiger partial charge is 0.255 e. The highest BCUT2D eigenvalue weighted by molar-refractivity contribution is 9.11. The van der Waals surface area contributed by atoms with Crippen molar-refractivity contribution < 1.29 is 4.79 Å². The van der Waals surface area contributed by atoms with Gasteiger partial charge in [0.15, 0.2) is 0 Å². The number of amides is 1. The average molecular weight is 525 g/mol. The van der Waals surface area contributed by atoms with Crippen LogP contribution in [0.25, 0.3) is 0 Å². The molecular weight excluding hydrogens is 512 g/mol. The van der Waals surface area contributed by atoms with E-state index in [2.05, 4.69) is 58.4 Å². The maximum absolute atomic E-state index is 12.5. The van der Waals surface area contributed by atoms with Crippen LogP contribution in [-0.4, -0.2) is 5.91 Å². The number of benzene rings is 3. The fraction of sp³-hybridized carbons (Fsp3) is 0. The van der Waals surface area contributed by atoms with Crippen LogP contribution in [0.5, 0.6) is 0 Å². The van der Waals surface area contributed by atoms with Crippen LogP contribution in [0, 0.1) is 0 Å². The zero-order chi connectivity index (χ0) is 17.8. The monoisotopic (exact) mass is 522 g/mol. The molecule has 25 heavy (non-hydrogen) atoms. The number of hydrogen-bond donors (Lipinski definition) is 2. The lowest BCUT2D eigenvalue weighted by Crippen LogP contribution is -2.13. The zero-order valence-corrected chi connectivity index (χ0v) is 17.7. The lowest BCUT2D eigenvalue weighted by atomic mass is 10.2. The van der Waals surface area contributed by atoms with E-state index in [0.717, 1.165) is 24.8 Å². The number of carbonyl (C=O) groups is 1. The molecule has 0 spiro atoms. The lowest BCUT2D eigenvalue weighted by Gasteiger charge is -2.14. The Morgan fingerprint density at radius 1 is 0.680 bits per heavy atom. The van der Waals surface area contributed by atoms with E-state index >= 15 is 0 Å². The van der Waals surface area contributed by atoms with Crippen LogP contribution in [0.3, 0.4) is 0 Å². The van der Waals surface area contributed by atoms with Gasteiger partial charge in [0.1, 0.15) is 0 Å². The Morgan fingerprint density at radius 3 is 1.88 bits per heavy atom. The zero-order valence-electron chi connectivity index (χ0n) is 12.9. The van der Waals surface area contributed by atoms with E-state index in [0.29, 0.717) is 11.3 Å². The molecule has 0 saturated carbocycles. The van der Waals surface area contributed by atoms with Gasteiger partial charge in [-0.3, -0.25) is 4.79 Å². The summed E-state index contributed by atoms with van der Waals surface area (Å²) in [5.74, 6) is -0.163. The van der Waals surface area contributed by atoms with Crippen molar-refractivity contribution >= 4 is 70.8 Å². The van der Waals surface area contributed by atoms with Gasteiger partial charge in [-0.1, -0.05) is 47.8 Å². The molecule has 0 bridgehead atoms. The molecule has 0 saturated heterocycles. The van der Waals surface area contributed by atoms with Crippen molar-refractivity contribution in [2.45, 2.75) is 0 Å². The van der Waals surface area contributed by atoms with Crippen LogP contribution in [0.4, 0.5) is 17.1 Å². The predicted octanol–water partition coefficient (Wildman–Crippen LogP) is 6.97. The Labute approximate surface area is 171 Å². The van der Waals surface area contributed by atoms with E-state index in [4.69, 9.17) is 0 Å². The van der Waals surface area contributed by atoms with Crippen LogP contribution < -0.4 is 10.6 Å². The normalized spacial score (nSPS) is 10.4. The molecule has 3 aromatic carbocycles. The highest BCUT2D eigenvalue weighted by Gasteiger charge is 2.10. The first-order valence-corrected chi connectivity index (χ1v) is 9.78. The Morgan fingerprint density at radius 2 is 1.24 bits per heavy atom. The van der Waals surface area contributed by atoms with E-state index in [1.807, 2.05) is 54.6 Å². The standard InChI is InChI=1S/C19H13Br3N2O/c20-13-3-1-12(2-4-13)19(25)24-18-11-15(22)7-10-17(18)23-16-8-5-14(21)6-9-16/h1-11,23H,(H,24,25). The first kappa shape index (κ1) is 18.2. The second-order valence-electron chi connectivity index (χ2n) is 5.28. The van der Waals surface area contributed by atoms with Gasteiger partial charge < -0.3 is 10.6 Å². The molecule has 0 aromatic heterocycles. The van der Waals surface area contributed by atoms with Crippen LogP contribution >= 0.6 is 47.8 Å². The van der Waals surface area contributed by atoms with Gasteiger partial charge in [-0.25, -0.2) is 0 Å². The van der Waals surface area contributed by atoms with Crippen molar-refractivity contribution in [3.63, 3.8) is 0 Å². The SMILES string of the molecule is O=C(Nc1cc(Br)ccc1Nc1ccc(Br)cc1)c1ccc(Br)cc1. The van der Waals surface area contributed by atoms with Gasteiger partial charge >= 0.3 is 0 Å². The summed E-state index contributed by atoms with van der Waals surface area (Å²) in [6.45, 7) is 0. The van der Waals surface area contributed by atoms with E-state index < -0.39 is 0 Å². The third-order valence-electron chi connectivity index (χ3n) is 3.46. The Balaban J connectivity index is 1.84. The van der Waals surface area contributed by atoms with Crippen molar-refractivity contribution in [1.29, 1.82) is 0 Å². The molecule has 3 nitrogen and oxygen atoms in total. The van der Waals surface area contributed by atoms with Crippen LogP contribution in [0.2, 0.25) is 0 Å². The van der Waals surface area contributed by atoms with Crippen molar-refractivity contribution in [1.82, 2.24) is 0 Å². The lowest BCUT2D eigenvalue weighted by molar-refractivity contribution is 0.102. The van der Waals surface area contributed by atoms with Gasteiger partial charge in [0.2, 0.25) is 0 Å². The predicted molar refractivity (Wildman–Crippen MR) is 114 cm³/mol. The summed E-state index contributed by atoms with van der Waals surface area (Å²) in [6.07, 6.45) is 0. The Hall–Kier alpha value is -1.63. The molecule has 0 fully saturated rings. The average Bonchev–Trinajstić information content (AvgIpc) is 2.59. The molecule has 0 heterocycles. The molecule has 0 aliphatic rings. The molecule has 3 rings (SSSR count). The first-order valence-electron chi connectivity index (χ1n) is 7.40. The minimum Gasteiger partial charge on any atom is -0.354 e. The Bertz CT molecular complexity index is 894. The molecule has 0 aliphatic carbocycles. The summed E-state index contributed by atoms with van der Waals surface area (Å²) < 4.78 is 2.83. The van der Waals surface area contributed by atoms with E-state index in [1.54, 1.807) is 12.1 Å². The quantitative estimate of drug-likeness (QED) is 0.387. The van der Waals surface area contributed by atoms with Crippen LogP contribution in [-0.2, 0) is 0 Å². The third kappa shape index (κ3) is 4.93. The molecule has 6 heteroatoms. The summed E-state index contributed by atoms with van der Waals surface area (Å²) in [5.41, 5.74) is 3.05. The number of rotatable bonds is 4. The topological polar surface area (TPSA) is 41.1 Å². The summed E-state index contributed by atoms with van der Waals surface area (Å²) in [7, 11) is 0. The fourth-order valence-corrected chi connectivity index (χ4v) is 3.10. The molecule has 2 N–H and O–H groups in total. The van der Waals surface area contributed by atoms with Crippen LogP contribution in [0.15, 0.2) is 80.1 Å². The van der Waals surface area contributed by atoms with E-state index in [1.165, 1.54) is 0 Å². The van der Waals surface area contributed by atoms with Crippen molar-refractivity contribution in [3.05, 3.63) is 85.7 Å². The third-order valence-corrected chi connectivity index (χ3v) is 5.01. The number of hydrogen-bond acceptors (Lipinski definition) is 2. The van der Waals surface area contributed by atoms with Gasteiger partial charge in [0.05, 0.1) is 11.4 Å². The number of anilines is 3. The van der Waals surface area contributed by atoms with Gasteiger partial charge in [0.25, 0.3) is 5.91 Å². The summed E-state index contributed by atoms with van der Waals surface area (Å²) in [5, 5.41) is 6.29. The molecule has 126 valence electrons. The summed E-state index contributed by atoms with van der Waals surface area (Å²) in [4.78, 5) is 12.5. The summed E-state index contributed by atoms with van der Waals surface area (Å²) in [6, 6.07) is 20.8. The molecule has 1 amide bonds.